The van der Waals surface area contributed by atoms with Gasteiger partial charge >= 0.3 is 0 Å². The van der Waals surface area contributed by atoms with E-state index in [1.165, 1.54) is 18.2 Å². The second-order valence-corrected chi connectivity index (χ2v) is 5.29. The molecule has 0 aliphatic rings. The molecule has 4 nitrogen and oxygen atoms in total. The largest absolute Gasteiger partial charge is 0.399 e. The van der Waals surface area contributed by atoms with Gasteiger partial charge in [-0.3, -0.25) is 4.79 Å². The van der Waals surface area contributed by atoms with Gasteiger partial charge < -0.3 is 16.2 Å². The number of carbonyl (C=O) groups excluding carboxylic acids is 1. The summed E-state index contributed by atoms with van der Waals surface area (Å²) in [5, 5.41) is 12.6. The molecule has 0 aliphatic heterocycles. The summed E-state index contributed by atoms with van der Waals surface area (Å²) in [6.07, 6.45) is -0.859. The van der Waals surface area contributed by atoms with Crippen molar-refractivity contribution in [1.29, 1.82) is 0 Å². The number of rotatable bonds is 4. The Morgan fingerprint density at radius 2 is 1.95 bits per heavy atom. The summed E-state index contributed by atoms with van der Waals surface area (Å²) in [6, 6.07) is 10.9. The maximum absolute atomic E-state index is 13.4. The van der Waals surface area contributed by atoms with E-state index in [1.807, 2.05) is 0 Å². The summed E-state index contributed by atoms with van der Waals surface area (Å²) < 4.78 is 13.5. The molecule has 4 N–H and O–H groups in total. The molecule has 0 radical (unpaired) electrons. The van der Waals surface area contributed by atoms with Crippen molar-refractivity contribution in [2.24, 2.45) is 0 Å². The predicted molar refractivity (Wildman–Crippen MR) is 82.2 cm³/mol. The number of nitrogen functional groups attached to an aromatic ring is 1. The highest BCUT2D eigenvalue weighted by Gasteiger charge is 2.15. The summed E-state index contributed by atoms with van der Waals surface area (Å²) in [7, 11) is 0. The number of nitrogens with one attached hydrogen (secondary N) is 1. The van der Waals surface area contributed by atoms with E-state index in [0.29, 0.717) is 11.3 Å². The van der Waals surface area contributed by atoms with Gasteiger partial charge in [0.1, 0.15) is 5.82 Å². The van der Waals surface area contributed by atoms with Gasteiger partial charge in [0.15, 0.2) is 0 Å². The van der Waals surface area contributed by atoms with E-state index in [-0.39, 0.29) is 16.6 Å². The van der Waals surface area contributed by atoms with Crippen molar-refractivity contribution in [3.63, 3.8) is 0 Å². The number of halogens is 2. The quantitative estimate of drug-likeness (QED) is 0.740. The number of amides is 1. The Kier molecular flexibility index (Phi) is 4.93. The van der Waals surface area contributed by atoms with Crippen LogP contribution in [0.1, 0.15) is 22.0 Å². The van der Waals surface area contributed by atoms with Crippen LogP contribution >= 0.6 is 15.9 Å². The fraction of sp³-hybridized carbons (Fsp3) is 0.133. The van der Waals surface area contributed by atoms with Crippen LogP contribution in [0, 0.1) is 5.82 Å². The third-order valence-electron chi connectivity index (χ3n) is 2.97. The molecule has 0 fully saturated rings. The number of anilines is 1. The van der Waals surface area contributed by atoms with Crippen molar-refractivity contribution in [2.75, 3.05) is 12.3 Å². The Bertz CT molecular complexity index is 647. The number of carbonyl (C=O) groups is 1. The summed E-state index contributed by atoms with van der Waals surface area (Å²) in [5.74, 6) is -0.974. The van der Waals surface area contributed by atoms with Gasteiger partial charge in [0.05, 0.1) is 16.1 Å². The number of hydrogen-bond acceptors (Lipinski definition) is 3. The van der Waals surface area contributed by atoms with Gasteiger partial charge in [-0.05, 0) is 45.8 Å². The lowest BCUT2D eigenvalue weighted by molar-refractivity contribution is 0.0915. The van der Waals surface area contributed by atoms with E-state index in [1.54, 1.807) is 24.3 Å². The monoisotopic (exact) mass is 352 g/mol. The first-order chi connectivity index (χ1) is 9.99. The summed E-state index contributed by atoms with van der Waals surface area (Å²) in [5.41, 5.74) is 6.98. The second-order valence-electron chi connectivity index (χ2n) is 4.49. The lowest BCUT2D eigenvalue weighted by atomic mass is 10.1. The molecular weight excluding hydrogens is 339 g/mol. The highest BCUT2D eigenvalue weighted by molar-refractivity contribution is 9.10. The molecular formula is C15H14BrFN2O2. The van der Waals surface area contributed by atoms with Crippen molar-refractivity contribution in [1.82, 2.24) is 5.32 Å². The van der Waals surface area contributed by atoms with Gasteiger partial charge in [-0.15, -0.1) is 0 Å². The molecule has 0 aromatic heterocycles. The van der Waals surface area contributed by atoms with E-state index < -0.39 is 17.8 Å². The molecule has 2 rings (SSSR count). The molecule has 21 heavy (non-hydrogen) atoms. The normalized spacial score (nSPS) is 12.0. The molecule has 0 saturated carbocycles. The average Bonchev–Trinajstić information content (AvgIpc) is 2.48. The fourth-order valence-electron chi connectivity index (χ4n) is 1.80. The predicted octanol–water partition coefficient (Wildman–Crippen LogP) is 2.63. The molecule has 0 saturated heterocycles. The molecule has 1 amide bonds. The van der Waals surface area contributed by atoms with Gasteiger partial charge in [-0.1, -0.05) is 18.2 Å². The van der Waals surface area contributed by atoms with Crippen molar-refractivity contribution >= 4 is 27.5 Å². The van der Waals surface area contributed by atoms with Gasteiger partial charge in [0.2, 0.25) is 0 Å². The van der Waals surface area contributed by atoms with E-state index in [2.05, 4.69) is 21.2 Å². The summed E-state index contributed by atoms with van der Waals surface area (Å²) in [4.78, 5) is 12.0. The minimum Gasteiger partial charge on any atom is -0.399 e. The zero-order chi connectivity index (χ0) is 15.4. The smallest absolute Gasteiger partial charge is 0.252 e. The number of aliphatic hydroxyl groups is 1. The Hall–Kier alpha value is -1.92. The lowest BCUT2D eigenvalue weighted by Gasteiger charge is -2.13. The molecule has 6 heteroatoms. The molecule has 2 aromatic carbocycles. The molecule has 1 atom stereocenters. The van der Waals surface area contributed by atoms with E-state index in [9.17, 15) is 14.3 Å². The van der Waals surface area contributed by atoms with E-state index in [4.69, 9.17) is 5.73 Å². The zero-order valence-electron chi connectivity index (χ0n) is 11.0. The van der Waals surface area contributed by atoms with E-state index >= 15 is 0 Å². The highest BCUT2D eigenvalue weighted by atomic mass is 79.9. The standard InChI is InChI=1S/C15H14BrFN2O2/c16-14-11(2-1-3-12(14)17)15(21)19-8-13(20)9-4-6-10(18)7-5-9/h1-7,13,20H,8,18H2,(H,19,21). The summed E-state index contributed by atoms with van der Waals surface area (Å²) >= 11 is 3.03. The Labute approximate surface area is 129 Å². The lowest BCUT2D eigenvalue weighted by Crippen LogP contribution is -2.28. The molecule has 0 heterocycles. The summed E-state index contributed by atoms with van der Waals surface area (Å²) in [6.45, 7) is 0.0195. The number of nitrogens with two attached hydrogens (primary N) is 1. The van der Waals surface area contributed by atoms with Crippen LogP contribution in [-0.2, 0) is 0 Å². The van der Waals surface area contributed by atoms with Crippen molar-refractivity contribution in [3.05, 3.63) is 63.9 Å². The Morgan fingerprint density at radius 1 is 1.29 bits per heavy atom. The Morgan fingerprint density at radius 3 is 2.62 bits per heavy atom. The molecule has 0 aliphatic carbocycles. The van der Waals surface area contributed by atoms with Crippen molar-refractivity contribution in [2.45, 2.75) is 6.10 Å². The van der Waals surface area contributed by atoms with Crippen LogP contribution < -0.4 is 11.1 Å². The van der Waals surface area contributed by atoms with Gasteiger partial charge in [0.25, 0.3) is 5.91 Å². The first-order valence-electron chi connectivity index (χ1n) is 6.24. The van der Waals surface area contributed by atoms with Crippen molar-refractivity contribution in [3.8, 4) is 0 Å². The van der Waals surface area contributed by atoms with Crippen LogP contribution in [0.4, 0.5) is 10.1 Å². The maximum Gasteiger partial charge on any atom is 0.252 e. The van der Waals surface area contributed by atoms with Crippen LogP contribution in [0.2, 0.25) is 0 Å². The third-order valence-corrected chi connectivity index (χ3v) is 3.78. The first-order valence-corrected chi connectivity index (χ1v) is 7.04. The molecule has 2 aromatic rings. The maximum atomic E-state index is 13.4. The van der Waals surface area contributed by atoms with Crippen LogP contribution in [0.15, 0.2) is 46.9 Å². The van der Waals surface area contributed by atoms with Gasteiger partial charge in [-0.25, -0.2) is 4.39 Å². The van der Waals surface area contributed by atoms with Crippen LogP contribution in [0.25, 0.3) is 0 Å². The minimum absolute atomic E-state index is 0.0195. The van der Waals surface area contributed by atoms with Crippen LogP contribution in [-0.4, -0.2) is 17.6 Å². The molecule has 0 spiro atoms. The topological polar surface area (TPSA) is 75.3 Å². The number of hydrogen-bond donors (Lipinski definition) is 3. The second kappa shape index (κ2) is 6.69. The SMILES string of the molecule is Nc1ccc(C(O)CNC(=O)c2cccc(F)c2Br)cc1. The van der Waals surface area contributed by atoms with E-state index in [0.717, 1.165) is 0 Å². The van der Waals surface area contributed by atoms with Gasteiger partial charge in [0, 0.05) is 12.2 Å². The number of benzene rings is 2. The first kappa shape index (κ1) is 15.5. The highest BCUT2D eigenvalue weighted by Crippen LogP contribution is 2.20. The number of aliphatic hydroxyl groups excluding tert-OH is 1. The molecule has 0 bridgehead atoms. The molecule has 110 valence electrons. The van der Waals surface area contributed by atoms with Crippen LogP contribution in [0.5, 0.6) is 0 Å². The Balaban J connectivity index is 2.00. The average molecular weight is 353 g/mol. The molecule has 1 unspecified atom stereocenters. The minimum atomic E-state index is -0.859. The van der Waals surface area contributed by atoms with Crippen LogP contribution in [0.3, 0.4) is 0 Å². The van der Waals surface area contributed by atoms with Gasteiger partial charge in [-0.2, -0.15) is 0 Å². The third kappa shape index (κ3) is 3.80. The fourth-order valence-corrected chi connectivity index (χ4v) is 2.24. The van der Waals surface area contributed by atoms with Crippen molar-refractivity contribution < 1.29 is 14.3 Å². The zero-order valence-corrected chi connectivity index (χ0v) is 12.6.